The average Bonchev–Trinajstić information content (AvgIpc) is 2.82. The SMILES string of the molecule is O=C1C(N2CCOCC2)=C(S(=O)(=O)Nc2cccc3ccccc23)C(=O)c2ccccc21. The number of ether oxygens (including phenoxy) is 1. The first-order valence-corrected chi connectivity index (χ1v) is 11.7. The van der Waals surface area contributed by atoms with E-state index >= 15 is 0 Å². The minimum Gasteiger partial charge on any atom is -0.378 e. The molecule has 1 aliphatic heterocycles. The molecule has 8 heteroatoms. The molecule has 7 nitrogen and oxygen atoms in total. The molecule has 1 N–H and O–H groups in total. The van der Waals surface area contributed by atoms with Crippen LogP contribution in [0.4, 0.5) is 5.69 Å². The van der Waals surface area contributed by atoms with Gasteiger partial charge in [0.2, 0.25) is 11.6 Å². The van der Waals surface area contributed by atoms with E-state index in [1.807, 2.05) is 24.3 Å². The van der Waals surface area contributed by atoms with E-state index in [1.165, 1.54) is 6.07 Å². The summed E-state index contributed by atoms with van der Waals surface area (Å²) in [6.07, 6.45) is 0. The van der Waals surface area contributed by atoms with Gasteiger partial charge < -0.3 is 9.64 Å². The van der Waals surface area contributed by atoms with Crippen molar-refractivity contribution in [2.75, 3.05) is 31.0 Å². The largest absolute Gasteiger partial charge is 0.378 e. The molecule has 0 spiro atoms. The summed E-state index contributed by atoms with van der Waals surface area (Å²) in [5.41, 5.74) is 0.552. The zero-order valence-corrected chi connectivity index (χ0v) is 17.9. The second kappa shape index (κ2) is 7.89. The van der Waals surface area contributed by atoms with Crippen molar-refractivity contribution in [3.8, 4) is 0 Å². The van der Waals surface area contributed by atoms with Gasteiger partial charge in [-0.1, -0.05) is 60.7 Å². The highest BCUT2D eigenvalue weighted by molar-refractivity contribution is 7.97. The summed E-state index contributed by atoms with van der Waals surface area (Å²) in [6, 6.07) is 18.9. The Morgan fingerprint density at radius 1 is 0.781 bits per heavy atom. The van der Waals surface area contributed by atoms with Crippen molar-refractivity contribution >= 4 is 38.0 Å². The number of rotatable bonds is 4. The molecule has 3 aromatic rings. The zero-order chi connectivity index (χ0) is 22.3. The molecule has 162 valence electrons. The standard InChI is InChI=1S/C24H20N2O5S/c27-22-18-9-3-4-10-19(18)23(28)24(21(22)26-12-14-31-15-13-26)32(29,30)25-20-11-5-7-16-6-1-2-8-17(16)20/h1-11,25H,12-15H2. The summed E-state index contributed by atoms with van der Waals surface area (Å²) in [5.74, 6) is -1.16. The van der Waals surface area contributed by atoms with Gasteiger partial charge in [-0.2, -0.15) is 0 Å². The molecule has 0 saturated carbocycles. The Hall–Kier alpha value is -3.49. The highest BCUT2D eigenvalue weighted by Gasteiger charge is 2.41. The van der Waals surface area contributed by atoms with E-state index in [0.717, 1.165) is 5.39 Å². The average molecular weight is 449 g/mol. The monoisotopic (exact) mass is 448 g/mol. The van der Waals surface area contributed by atoms with E-state index in [2.05, 4.69) is 4.72 Å². The number of benzene rings is 3. The van der Waals surface area contributed by atoms with Gasteiger partial charge in [0.05, 0.1) is 18.9 Å². The maximum Gasteiger partial charge on any atom is 0.268 e. The number of nitrogens with one attached hydrogen (secondary N) is 1. The fourth-order valence-electron chi connectivity index (χ4n) is 4.17. The highest BCUT2D eigenvalue weighted by atomic mass is 32.2. The molecule has 0 radical (unpaired) electrons. The third-order valence-electron chi connectivity index (χ3n) is 5.68. The first-order valence-electron chi connectivity index (χ1n) is 10.2. The van der Waals surface area contributed by atoms with Crippen molar-refractivity contribution in [1.29, 1.82) is 0 Å². The number of carbonyl (C=O) groups is 2. The molecule has 0 bridgehead atoms. The van der Waals surface area contributed by atoms with Crippen LogP contribution in [-0.2, 0) is 14.8 Å². The van der Waals surface area contributed by atoms with E-state index in [4.69, 9.17) is 4.74 Å². The normalized spacial score (nSPS) is 16.9. The summed E-state index contributed by atoms with van der Waals surface area (Å²) in [6.45, 7) is 1.33. The Morgan fingerprint density at radius 3 is 2.16 bits per heavy atom. The third-order valence-corrected chi connectivity index (χ3v) is 7.09. The predicted molar refractivity (Wildman–Crippen MR) is 121 cm³/mol. The number of nitrogens with zero attached hydrogens (tertiary/aromatic N) is 1. The minimum absolute atomic E-state index is 0.0906. The number of allylic oxidation sites excluding steroid dienone is 2. The molecule has 0 atom stereocenters. The Balaban J connectivity index is 1.68. The second-order valence-electron chi connectivity index (χ2n) is 7.61. The summed E-state index contributed by atoms with van der Waals surface area (Å²) in [5, 5.41) is 1.55. The molecule has 1 aliphatic carbocycles. The predicted octanol–water partition coefficient (Wildman–Crippen LogP) is 3.20. The smallest absolute Gasteiger partial charge is 0.268 e. The summed E-state index contributed by atoms with van der Waals surface area (Å²) < 4.78 is 35.2. The summed E-state index contributed by atoms with van der Waals surface area (Å²) in [4.78, 5) is 27.9. The Morgan fingerprint density at radius 2 is 1.41 bits per heavy atom. The van der Waals surface area contributed by atoms with Crippen molar-refractivity contribution < 1.29 is 22.7 Å². The van der Waals surface area contributed by atoms with Gasteiger partial charge in [0.1, 0.15) is 5.70 Å². The van der Waals surface area contributed by atoms with Crippen molar-refractivity contribution in [3.63, 3.8) is 0 Å². The van der Waals surface area contributed by atoms with E-state index in [-0.39, 0.29) is 16.8 Å². The van der Waals surface area contributed by atoms with Crippen LogP contribution in [0.2, 0.25) is 0 Å². The van der Waals surface area contributed by atoms with Crippen LogP contribution in [0.3, 0.4) is 0 Å². The number of hydrogen-bond donors (Lipinski definition) is 1. The van der Waals surface area contributed by atoms with E-state index < -0.39 is 26.5 Å². The molecule has 1 saturated heterocycles. The quantitative estimate of drug-likeness (QED) is 0.659. The fraction of sp³-hybridized carbons (Fsp3) is 0.167. The Kier molecular flexibility index (Phi) is 5.03. The second-order valence-corrected chi connectivity index (χ2v) is 9.23. The van der Waals surface area contributed by atoms with Crippen molar-refractivity contribution in [2.45, 2.75) is 0 Å². The summed E-state index contributed by atoms with van der Waals surface area (Å²) >= 11 is 0. The van der Waals surface area contributed by atoms with Gasteiger partial charge in [-0.3, -0.25) is 14.3 Å². The van der Waals surface area contributed by atoms with Crippen LogP contribution in [0.5, 0.6) is 0 Å². The molecule has 3 aromatic carbocycles. The van der Waals surface area contributed by atoms with Gasteiger partial charge in [0.15, 0.2) is 4.91 Å². The number of Topliss-reactive ketones (excluding diaryl/α,β-unsaturated/α-hetero) is 2. The first kappa shape index (κ1) is 20.4. The van der Waals surface area contributed by atoms with Crippen molar-refractivity contribution in [1.82, 2.24) is 4.90 Å². The maximum atomic E-state index is 13.6. The minimum atomic E-state index is -4.37. The molecule has 0 unspecified atom stereocenters. The van der Waals surface area contributed by atoms with Crippen LogP contribution in [0.1, 0.15) is 20.7 Å². The molecule has 1 fully saturated rings. The number of fused-ring (bicyclic) bond motifs is 2. The molecule has 1 heterocycles. The number of sulfonamides is 1. The number of carbonyl (C=O) groups excluding carboxylic acids is 2. The highest BCUT2D eigenvalue weighted by Crippen LogP contribution is 2.33. The van der Waals surface area contributed by atoms with Crippen LogP contribution in [0.25, 0.3) is 10.8 Å². The van der Waals surface area contributed by atoms with Gasteiger partial charge in [-0.25, -0.2) is 8.42 Å². The lowest BCUT2D eigenvalue weighted by molar-refractivity contribution is 0.0499. The van der Waals surface area contributed by atoms with Gasteiger partial charge in [0.25, 0.3) is 10.0 Å². The van der Waals surface area contributed by atoms with Crippen LogP contribution < -0.4 is 4.72 Å². The van der Waals surface area contributed by atoms with Crippen LogP contribution >= 0.6 is 0 Å². The Labute approximate surface area is 185 Å². The first-order chi connectivity index (χ1) is 15.5. The number of morpholine rings is 1. The van der Waals surface area contributed by atoms with E-state index in [1.54, 1.807) is 41.3 Å². The maximum absolute atomic E-state index is 13.6. The van der Waals surface area contributed by atoms with Crippen LogP contribution in [0.15, 0.2) is 77.3 Å². The van der Waals surface area contributed by atoms with Crippen molar-refractivity contribution in [2.24, 2.45) is 0 Å². The summed E-state index contributed by atoms with van der Waals surface area (Å²) in [7, 11) is -4.37. The molecule has 0 amide bonds. The van der Waals surface area contributed by atoms with Crippen LogP contribution in [0, 0.1) is 0 Å². The molecule has 5 rings (SSSR count). The number of anilines is 1. The van der Waals surface area contributed by atoms with Crippen LogP contribution in [-0.4, -0.2) is 51.2 Å². The third kappa shape index (κ3) is 3.37. The zero-order valence-electron chi connectivity index (χ0n) is 17.1. The van der Waals surface area contributed by atoms with Gasteiger partial charge in [-0.05, 0) is 11.5 Å². The molecular weight excluding hydrogens is 428 g/mol. The Bertz CT molecular complexity index is 1380. The molecular formula is C24H20N2O5S. The van der Waals surface area contributed by atoms with Gasteiger partial charge >= 0.3 is 0 Å². The topological polar surface area (TPSA) is 92.8 Å². The molecule has 2 aliphatic rings. The lowest BCUT2D eigenvalue weighted by Crippen LogP contribution is -2.43. The van der Waals surface area contributed by atoms with Gasteiger partial charge in [-0.15, -0.1) is 0 Å². The fourth-order valence-corrected chi connectivity index (χ4v) is 5.57. The van der Waals surface area contributed by atoms with E-state index in [9.17, 15) is 18.0 Å². The lowest BCUT2D eigenvalue weighted by atomic mass is 9.91. The van der Waals surface area contributed by atoms with Crippen molar-refractivity contribution in [3.05, 3.63) is 88.5 Å². The van der Waals surface area contributed by atoms with Gasteiger partial charge in [0, 0.05) is 29.6 Å². The molecule has 32 heavy (non-hydrogen) atoms. The number of ketones is 2. The lowest BCUT2D eigenvalue weighted by Gasteiger charge is -2.33. The molecule has 0 aromatic heterocycles. The number of hydrogen-bond acceptors (Lipinski definition) is 6. The van der Waals surface area contributed by atoms with E-state index in [0.29, 0.717) is 37.4 Å².